The zero-order valence-corrected chi connectivity index (χ0v) is 11.4. The number of carboxylic acid groups (broad SMARTS) is 1. The van der Waals surface area contributed by atoms with Crippen LogP contribution in [-0.2, 0) is 4.79 Å². The van der Waals surface area contributed by atoms with E-state index in [0.29, 0.717) is 35.1 Å². The molecule has 7 heteroatoms. The van der Waals surface area contributed by atoms with Crippen LogP contribution in [0.5, 0.6) is 0 Å². The summed E-state index contributed by atoms with van der Waals surface area (Å²) in [6, 6.07) is 3.43. The Kier molecular flexibility index (Phi) is 4.17. The average molecular weight is 303 g/mol. The highest BCUT2D eigenvalue weighted by Crippen LogP contribution is 2.24. The van der Waals surface area contributed by atoms with Gasteiger partial charge in [-0.2, -0.15) is 0 Å². The molecule has 2 amide bonds. The molecule has 0 bridgehead atoms. The van der Waals surface area contributed by atoms with Gasteiger partial charge in [0.25, 0.3) is 0 Å². The van der Waals surface area contributed by atoms with Crippen LogP contribution >= 0.6 is 23.2 Å². The number of hydrogen-bond acceptors (Lipinski definition) is 2. The molecule has 0 radical (unpaired) electrons. The molecule has 1 aliphatic heterocycles. The monoisotopic (exact) mass is 302 g/mol. The Morgan fingerprint density at radius 1 is 1.26 bits per heavy atom. The third-order valence-corrected chi connectivity index (χ3v) is 3.35. The average Bonchev–Trinajstić information content (AvgIpc) is 2.75. The molecule has 1 atom stereocenters. The summed E-state index contributed by atoms with van der Waals surface area (Å²) < 4.78 is 0. The highest BCUT2D eigenvalue weighted by molar-refractivity contribution is 6.35. The smallest absolute Gasteiger partial charge is 0.326 e. The van der Waals surface area contributed by atoms with Gasteiger partial charge in [-0.15, -0.1) is 0 Å². The standard InChI is InChI=1S/C12H12Cl2N2O3/c13-7-4-8(14)6-9(5-7)15-12(19)16-3-1-2-10(16)11(17)18/h4-6,10H,1-3H2,(H,15,19)(H,17,18). The first-order valence-electron chi connectivity index (χ1n) is 5.74. The second-order valence-corrected chi connectivity index (χ2v) is 5.15. The number of aliphatic carboxylic acids is 1. The minimum Gasteiger partial charge on any atom is -0.480 e. The van der Waals surface area contributed by atoms with Gasteiger partial charge in [-0.25, -0.2) is 9.59 Å². The third kappa shape index (κ3) is 3.30. The highest BCUT2D eigenvalue weighted by Gasteiger charge is 2.33. The molecule has 0 saturated carbocycles. The van der Waals surface area contributed by atoms with Crippen LogP contribution < -0.4 is 5.32 Å². The number of anilines is 1. The number of carbonyl (C=O) groups excluding carboxylic acids is 1. The maximum atomic E-state index is 12.0. The lowest BCUT2D eigenvalue weighted by Gasteiger charge is -2.21. The van der Waals surface area contributed by atoms with E-state index in [1.54, 1.807) is 18.2 Å². The van der Waals surface area contributed by atoms with Gasteiger partial charge in [-0.05, 0) is 31.0 Å². The Morgan fingerprint density at radius 3 is 2.47 bits per heavy atom. The number of urea groups is 1. The van der Waals surface area contributed by atoms with Gasteiger partial charge in [0.05, 0.1) is 0 Å². The first kappa shape index (κ1) is 14.0. The van der Waals surface area contributed by atoms with Crippen molar-refractivity contribution in [1.29, 1.82) is 0 Å². The number of halogens is 2. The molecule has 1 saturated heterocycles. The number of carboxylic acids is 1. The van der Waals surface area contributed by atoms with Gasteiger partial charge in [-0.1, -0.05) is 23.2 Å². The summed E-state index contributed by atoms with van der Waals surface area (Å²) in [5, 5.41) is 12.4. The number of amides is 2. The Balaban J connectivity index is 2.10. The lowest BCUT2D eigenvalue weighted by molar-refractivity contribution is -0.141. The SMILES string of the molecule is O=C(O)C1CCCN1C(=O)Nc1cc(Cl)cc(Cl)c1. The van der Waals surface area contributed by atoms with Crippen molar-refractivity contribution in [1.82, 2.24) is 4.90 Å². The molecule has 0 spiro atoms. The van der Waals surface area contributed by atoms with Crippen molar-refractivity contribution < 1.29 is 14.7 Å². The van der Waals surface area contributed by atoms with Gasteiger partial charge in [-0.3, -0.25) is 0 Å². The zero-order chi connectivity index (χ0) is 14.0. The van der Waals surface area contributed by atoms with Gasteiger partial charge < -0.3 is 15.3 Å². The molecule has 19 heavy (non-hydrogen) atoms. The van der Waals surface area contributed by atoms with E-state index in [2.05, 4.69) is 5.32 Å². The van der Waals surface area contributed by atoms with Crippen LogP contribution in [-0.4, -0.2) is 34.6 Å². The maximum absolute atomic E-state index is 12.0. The number of benzene rings is 1. The molecule has 1 aromatic carbocycles. The van der Waals surface area contributed by atoms with Gasteiger partial charge in [0.15, 0.2) is 0 Å². The molecule has 0 aromatic heterocycles. The van der Waals surface area contributed by atoms with Crippen LogP contribution in [0.4, 0.5) is 10.5 Å². The van der Waals surface area contributed by atoms with Crippen molar-refractivity contribution in [3.63, 3.8) is 0 Å². The molecular formula is C12H12Cl2N2O3. The van der Waals surface area contributed by atoms with Crippen LogP contribution in [0.1, 0.15) is 12.8 Å². The van der Waals surface area contributed by atoms with E-state index in [1.807, 2.05) is 0 Å². The molecule has 5 nitrogen and oxygen atoms in total. The second kappa shape index (κ2) is 5.67. The summed E-state index contributed by atoms with van der Waals surface area (Å²) in [5.41, 5.74) is 0.443. The zero-order valence-electron chi connectivity index (χ0n) is 9.90. The summed E-state index contributed by atoms with van der Waals surface area (Å²) in [7, 11) is 0. The largest absolute Gasteiger partial charge is 0.480 e. The quantitative estimate of drug-likeness (QED) is 0.882. The summed E-state index contributed by atoms with van der Waals surface area (Å²) in [5.74, 6) is -0.989. The van der Waals surface area contributed by atoms with Crippen molar-refractivity contribution in [2.45, 2.75) is 18.9 Å². The van der Waals surface area contributed by atoms with Crippen LogP contribution in [0, 0.1) is 0 Å². The predicted octanol–water partition coefficient (Wildman–Crippen LogP) is 3.07. The molecule has 0 aliphatic carbocycles. The lowest BCUT2D eigenvalue weighted by Crippen LogP contribution is -2.42. The number of rotatable bonds is 2. The van der Waals surface area contributed by atoms with Crippen molar-refractivity contribution >= 4 is 40.9 Å². The van der Waals surface area contributed by atoms with Crippen molar-refractivity contribution in [3.05, 3.63) is 28.2 Å². The van der Waals surface area contributed by atoms with Crippen LogP contribution in [0.15, 0.2) is 18.2 Å². The second-order valence-electron chi connectivity index (χ2n) is 4.28. The van der Waals surface area contributed by atoms with E-state index in [4.69, 9.17) is 28.3 Å². The Hall–Kier alpha value is -1.46. The molecule has 2 N–H and O–H groups in total. The molecule has 2 rings (SSSR count). The van der Waals surface area contributed by atoms with E-state index < -0.39 is 18.0 Å². The van der Waals surface area contributed by atoms with E-state index in [-0.39, 0.29) is 0 Å². The number of nitrogens with one attached hydrogen (secondary N) is 1. The third-order valence-electron chi connectivity index (χ3n) is 2.91. The first-order chi connectivity index (χ1) is 8.97. The molecule has 1 aromatic rings. The number of carbonyl (C=O) groups is 2. The molecule has 1 heterocycles. The fraction of sp³-hybridized carbons (Fsp3) is 0.333. The summed E-state index contributed by atoms with van der Waals surface area (Å²) in [6.07, 6.45) is 1.15. The lowest BCUT2D eigenvalue weighted by atomic mass is 10.2. The number of nitrogens with zero attached hydrogens (tertiary/aromatic N) is 1. The van der Waals surface area contributed by atoms with Gasteiger partial charge in [0.1, 0.15) is 6.04 Å². The topological polar surface area (TPSA) is 69.6 Å². The summed E-state index contributed by atoms with van der Waals surface area (Å²) in [6.45, 7) is 0.428. The van der Waals surface area contributed by atoms with E-state index >= 15 is 0 Å². The Labute approximate surface area is 120 Å². The normalized spacial score (nSPS) is 18.4. The fourth-order valence-electron chi connectivity index (χ4n) is 2.09. The summed E-state index contributed by atoms with van der Waals surface area (Å²) in [4.78, 5) is 24.3. The van der Waals surface area contributed by atoms with E-state index in [0.717, 1.165) is 0 Å². The predicted molar refractivity (Wildman–Crippen MR) is 72.8 cm³/mol. The van der Waals surface area contributed by atoms with Crippen LogP contribution in [0.2, 0.25) is 10.0 Å². The van der Waals surface area contributed by atoms with Crippen molar-refractivity contribution in [3.8, 4) is 0 Å². The number of likely N-dealkylation sites (tertiary alicyclic amines) is 1. The molecule has 102 valence electrons. The molecule has 1 aliphatic rings. The minimum atomic E-state index is -0.989. The van der Waals surface area contributed by atoms with Crippen LogP contribution in [0.25, 0.3) is 0 Å². The first-order valence-corrected chi connectivity index (χ1v) is 6.49. The van der Waals surface area contributed by atoms with Crippen molar-refractivity contribution in [2.75, 3.05) is 11.9 Å². The molecule has 1 unspecified atom stereocenters. The minimum absolute atomic E-state index is 0.402. The Morgan fingerprint density at radius 2 is 1.89 bits per heavy atom. The fourth-order valence-corrected chi connectivity index (χ4v) is 2.61. The molecular weight excluding hydrogens is 291 g/mol. The van der Waals surface area contributed by atoms with Gasteiger partial charge in [0.2, 0.25) is 0 Å². The Bertz CT molecular complexity index is 501. The molecule has 1 fully saturated rings. The van der Waals surface area contributed by atoms with E-state index in [1.165, 1.54) is 4.90 Å². The highest BCUT2D eigenvalue weighted by atomic mass is 35.5. The number of hydrogen-bond donors (Lipinski definition) is 2. The van der Waals surface area contributed by atoms with E-state index in [9.17, 15) is 9.59 Å². The van der Waals surface area contributed by atoms with Crippen LogP contribution in [0.3, 0.4) is 0 Å². The van der Waals surface area contributed by atoms with Gasteiger partial charge >= 0.3 is 12.0 Å². The van der Waals surface area contributed by atoms with Gasteiger partial charge in [0, 0.05) is 22.3 Å². The summed E-state index contributed by atoms with van der Waals surface area (Å²) >= 11 is 11.7. The maximum Gasteiger partial charge on any atom is 0.326 e. The van der Waals surface area contributed by atoms with Crippen molar-refractivity contribution in [2.24, 2.45) is 0 Å².